The van der Waals surface area contributed by atoms with Crippen molar-refractivity contribution >= 4 is 54.3 Å². The Labute approximate surface area is 281 Å². The first-order valence-corrected chi connectivity index (χ1v) is 18.9. The van der Waals surface area contributed by atoms with Crippen molar-refractivity contribution in [1.82, 2.24) is 19.1 Å². The molecule has 11 heteroatoms. The summed E-state index contributed by atoms with van der Waals surface area (Å²) in [4.78, 5) is 46.6. The van der Waals surface area contributed by atoms with E-state index in [1.165, 1.54) is 0 Å². The average Bonchev–Trinajstić information content (AvgIpc) is 3.38. The van der Waals surface area contributed by atoms with Crippen molar-refractivity contribution in [2.75, 3.05) is 59.0 Å². The Balaban J connectivity index is 1.25. The molecule has 2 aliphatic rings. The van der Waals surface area contributed by atoms with Gasteiger partial charge in [0.25, 0.3) is 0 Å². The first-order chi connectivity index (χ1) is 22.0. The fourth-order valence-electron chi connectivity index (χ4n) is 6.24. The number of carbonyl (C=O) groups excluding carboxylic acids is 2. The third kappa shape index (κ3) is 7.77. The molecule has 2 aromatic carbocycles. The molecule has 1 amide bonds. The molecule has 4 aromatic rings. The molecule has 0 radical (unpaired) electrons. The molecule has 2 fully saturated rings. The Kier molecular flexibility index (Phi) is 10.1. The number of morpholine rings is 1. The molecular formula is C35H42AsClN4O5. The first kappa shape index (κ1) is 33.0. The molecule has 4 heterocycles. The molecule has 244 valence electrons. The molecule has 2 aromatic heterocycles. The van der Waals surface area contributed by atoms with Gasteiger partial charge in [0.2, 0.25) is 0 Å². The van der Waals surface area contributed by atoms with Crippen LogP contribution in [0.1, 0.15) is 48.0 Å². The second kappa shape index (κ2) is 14.0. The van der Waals surface area contributed by atoms with Crippen LogP contribution in [-0.2, 0) is 27.6 Å². The van der Waals surface area contributed by atoms with Crippen molar-refractivity contribution in [3.05, 3.63) is 86.3 Å². The Hall–Kier alpha value is -2.94. The number of benzene rings is 2. The van der Waals surface area contributed by atoms with Crippen molar-refractivity contribution in [2.24, 2.45) is 0 Å². The summed E-state index contributed by atoms with van der Waals surface area (Å²) < 4.78 is 13.1. The quantitative estimate of drug-likeness (QED) is 0.241. The minimum absolute atomic E-state index is 0.0322. The third-order valence-electron chi connectivity index (χ3n) is 8.65. The van der Waals surface area contributed by atoms with E-state index in [2.05, 4.69) is 26.3 Å². The number of nitrogens with zero attached hydrogens (tertiary/aromatic N) is 4. The summed E-state index contributed by atoms with van der Waals surface area (Å²) in [5, 5.41) is 2.97. The van der Waals surface area contributed by atoms with Crippen molar-refractivity contribution in [1.29, 1.82) is 0 Å². The number of hydrogen-bond acceptors (Lipinski definition) is 7. The zero-order valence-electron chi connectivity index (χ0n) is 26.8. The van der Waals surface area contributed by atoms with Gasteiger partial charge in [0.05, 0.1) is 0 Å². The molecule has 0 bridgehead atoms. The van der Waals surface area contributed by atoms with Crippen LogP contribution in [0.25, 0.3) is 16.3 Å². The van der Waals surface area contributed by atoms with Gasteiger partial charge < -0.3 is 4.74 Å². The predicted molar refractivity (Wildman–Crippen MR) is 183 cm³/mol. The van der Waals surface area contributed by atoms with Crippen LogP contribution in [-0.4, -0.2) is 110 Å². The predicted octanol–water partition coefficient (Wildman–Crippen LogP) is 4.25. The number of rotatable bonds is 9. The maximum absolute atomic E-state index is 13.9. The molecule has 2 aliphatic heterocycles. The van der Waals surface area contributed by atoms with Crippen molar-refractivity contribution in [2.45, 2.75) is 44.5 Å². The summed E-state index contributed by atoms with van der Waals surface area (Å²) >= 11 is 4.94. The van der Waals surface area contributed by atoms with Crippen LogP contribution in [0, 0.1) is 0 Å². The average molecular weight is 709 g/mol. The zero-order valence-corrected chi connectivity index (χ0v) is 29.7. The van der Waals surface area contributed by atoms with Crippen LogP contribution in [0.5, 0.6) is 0 Å². The van der Waals surface area contributed by atoms with Gasteiger partial charge in [-0.25, -0.2) is 4.79 Å². The summed E-state index contributed by atoms with van der Waals surface area (Å²) in [5.41, 5.74) is 3.69. The molecule has 6 rings (SSSR count). The van der Waals surface area contributed by atoms with Gasteiger partial charge in [-0.15, -0.1) is 0 Å². The van der Waals surface area contributed by atoms with Gasteiger partial charge in [-0.3, -0.25) is 0 Å². The van der Waals surface area contributed by atoms with E-state index in [4.69, 9.17) is 21.1 Å². The number of hydrogen-bond donors (Lipinski definition) is 0. The number of halogens is 1. The molecule has 2 saturated heterocycles. The Morgan fingerprint density at radius 1 is 0.935 bits per heavy atom. The third-order valence-corrected chi connectivity index (χ3v) is 11.4. The van der Waals surface area contributed by atoms with Crippen LogP contribution < -0.4 is 5.43 Å². The molecule has 0 saturated carbocycles. The van der Waals surface area contributed by atoms with Crippen molar-refractivity contribution in [3.8, 4) is 0 Å². The molecule has 46 heavy (non-hydrogen) atoms. The van der Waals surface area contributed by atoms with Crippen molar-refractivity contribution < 1.29 is 19.1 Å². The molecule has 0 N–H and O–H groups in total. The summed E-state index contributed by atoms with van der Waals surface area (Å²) in [6.07, 6.45) is 2.29. The molecule has 0 spiro atoms. The summed E-state index contributed by atoms with van der Waals surface area (Å²) in [5.74, 6) is 0. The molecular weight excluding hydrogens is 667 g/mol. The number of aromatic nitrogens is 1. The summed E-state index contributed by atoms with van der Waals surface area (Å²) in [6.45, 7) is 13.1. The van der Waals surface area contributed by atoms with Gasteiger partial charge in [-0.05, 0) is 20.8 Å². The van der Waals surface area contributed by atoms with E-state index in [0.717, 1.165) is 73.4 Å². The van der Waals surface area contributed by atoms with Crippen LogP contribution >= 0.6 is 11.6 Å². The molecule has 9 nitrogen and oxygen atoms in total. The normalized spacial score (nSPS) is 17.1. The minimum atomic E-state index is -1.10. The van der Waals surface area contributed by atoms with E-state index in [1.54, 1.807) is 11.1 Å². The van der Waals surface area contributed by atoms with Crippen LogP contribution in [0.4, 0.5) is 4.79 Å². The maximum atomic E-state index is 13.9. The first-order valence-electron chi connectivity index (χ1n) is 16.0. The van der Waals surface area contributed by atoms with Crippen LogP contribution in [0.2, 0.25) is 5.02 Å². The number of piperazine rings is 1. The van der Waals surface area contributed by atoms with E-state index < -0.39 is 21.4 Å². The summed E-state index contributed by atoms with van der Waals surface area (Å²) in [7, 11) is 0. The number of carbonyl (C=O) groups is 2. The molecule has 0 aliphatic carbocycles. The Bertz CT molecular complexity index is 1760. The SMILES string of the molecule is CC(C)(C)OC(=O)N1CCN(CCc2cc3cc(CN4CCOCC4)cc4c(=O)c(C(=O)[AsH]Cc5ccc(Cl)cc5)cn2c34)CC1. The van der Waals surface area contributed by atoms with Gasteiger partial charge in [0.15, 0.2) is 0 Å². The van der Waals surface area contributed by atoms with E-state index in [0.29, 0.717) is 41.9 Å². The number of pyridine rings is 1. The summed E-state index contributed by atoms with van der Waals surface area (Å²) in [6, 6.07) is 13.9. The standard InChI is InChI=1S/C35H42AsClN4O5/c1-35(2,3)46-34(44)40-12-10-38(11-13-40)9-8-28-20-26-18-25(22-39-14-16-45-17-15-39)19-29-31(26)41(28)23-30(32(29)42)33(43)36-21-24-4-6-27(37)7-5-24/h4-7,18-20,23,36H,8-17,21-22H2,1-3H3. The fraction of sp³-hybridized carbons (Fsp3) is 0.457. The van der Waals surface area contributed by atoms with E-state index >= 15 is 0 Å². The van der Waals surface area contributed by atoms with E-state index in [1.807, 2.05) is 51.1 Å². The van der Waals surface area contributed by atoms with Gasteiger partial charge in [0, 0.05) is 0 Å². The van der Waals surface area contributed by atoms with Crippen LogP contribution in [0.15, 0.2) is 53.5 Å². The second-order valence-electron chi connectivity index (χ2n) is 13.2. The van der Waals surface area contributed by atoms with Gasteiger partial charge in [-0.1, -0.05) is 0 Å². The molecule has 1 unspecified atom stereocenters. The van der Waals surface area contributed by atoms with Crippen molar-refractivity contribution in [3.63, 3.8) is 0 Å². The topological polar surface area (TPSA) is 83.8 Å². The van der Waals surface area contributed by atoms with Gasteiger partial charge in [0.1, 0.15) is 5.60 Å². The number of ether oxygens (including phenoxy) is 2. The number of amides is 1. The monoisotopic (exact) mass is 708 g/mol. The second-order valence-corrected chi connectivity index (χ2v) is 16.1. The van der Waals surface area contributed by atoms with Gasteiger partial charge in [-0.2, -0.15) is 0 Å². The zero-order chi connectivity index (χ0) is 32.4. The molecule has 1 atom stereocenters. The van der Waals surface area contributed by atoms with Gasteiger partial charge >= 0.3 is 246 Å². The Morgan fingerprint density at radius 3 is 2.35 bits per heavy atom. The fourth-order valence-corrected chi connectivity index (χ4v) is 8.40. The van der Waals surface area contributed by atoms with Crippen LogP contribution in [0.3, 0.4) is 0 Å². The van der Waals surface area contributed by atoms with E-state index in [9.17, 15) is 14.4 Å². The van der Waals surface area contributed by atoms with E-state index in [-0.39, 0.29) is 21.7 Å². The Morgan fingerprint density at radius 2 is 1.65 bits per heavy atom.